The van der Waals surface area contributed by atoms with Crippen molar-refractivity contribution in [1.82, 2.24) is 4.98 Å². The average Bonchev–Trinajstić information content (AvgIpc) is 2.46. The molecule has 0 saturated carbocycles. The van der Waals surface area contributed by atoms with Crippen LogP contribution in [0.15, 0.2) is 30.5 Å². The topological polar surface area (TPSA) is 45.2 Å². The summed E-state index contributed by atoms with van der Waals surface area (Å²) in [6.07, 6.45) is 3.78. The molecule has 19 heavy (non-hydrogen) atoms. The van der Waals surface area contributed by atoms with Gasteiger partial charge >= 0.3 is 0 Å². The van der Waals surface area contributed by atoms with E-state index in [0.29, 0.717) is 11.1 Å². The van der Waals surface area contributed by atoms with Crippen LogP contribution in [0.1, 0.15) is 17.5 Å². The highest BCUT2D eigenvalue weighted by molar-refractivity contribution is 5.69. The number of aliphatic hydroxyl groups is 1. The van der Waals surface area contributed by atoms with Crippen LogP contribution in [0, 0.1) is 5.82 Å². The van der Waals surface area contributed by atoms with Crippen LogP contribution in [0.5, 0.6) is 0 Å². The first kappa shape index (κ1) is 12.1. The zero-order valence-corrected chi connectivity index (χ0v) is 10.5. The third-order valence-electron chi connectivity index (χ3n) is 3.44. The van der Waals surface area contributed by atoms with Gasteiger partial charge in [-0.3, -0.25) is 0 Å². The van der Waals surface area contributed by atoms with Crippen molar-refractivity contribution in [3.63, 3.8) is 0 Å². The van der Waals surface area contributed by atoms with Gasteiger partial charge in [0, 0.05) is 18.3 Å². The molecule has 0 unspecified atom stereocenters. The monoisotopic (exact) mass is 258 g/mol. The lowest BCUT2D eigenvalue weighted by molar-refractivity contribution is 0.282. The van der Waals surface area contributed by atoms with Gasteiger partial charge in [0.05, 0.1) is 6.61 Å². The van der Waals surface area contributed by atoms with Gasteiger partial charge in [-0.2, -0.15) is 0 Å². The second-order valence-corrected chi connectivity index (χ2v) is 4.72. The first-order chi connectivity index (χ1) is 9.28. The standard InChI is InChI=1S/C15H15FN2O/c16-13-4-3-11(9-19)14(7-13)12-6-10-2-1-5-17-15(10)18-8-12/h3-4,6-8,19H,1-2,5,9H2,(H,17,18). The molecule has 3 nitrogen and oxygen atoms in total. The van der Waals surface area contributed by atoms with Crippen molar-refractivity contribution in [2.75, 3.05) is 11.9 Å². The maximum absolute atomic E-state index is 13.4. The lowest BCUT2D eigenvalue weighted by Gasteiger charge is -2.18. The average molecular weight is 258 g/mol. The molecular weight excluding hydrogens is 243 g/mol. The SMILES string of the molecule is OCc1ccc(F)cc1-c1cnc2c(c1)CCCN2. The van der Waals surface area contributed by atoms with E-state index >= 15 is 0 Å². The number of nitrogens with zero attached hydrogens (tertiary/aromatic N) is 1. The molecule has 0 radical (unpaired) electrons. The zero-order valence-electron chi connectivity index (χ0n) is 10.5. The normalized spacial score (nSPS) is 13.8. The highest BCUT2D eigenvalue weighted by Gasteiger charge is 2.13. The Hall–Kier alpha value is -1.94. The summed E-state index contributed by atoms with van der Waals surface area (Å²) in [5, 5.41) is 12.6. The van der Waals surface area contributed by atoms with Gasteiger partial charge in [-0.15, -0.1) is 0 Å². The largest absolute Gasteiger partial charge is 0.392 e. The van der Waals surface area contributed by atoms with Crippen LogP contribution in [0.3, 0.4) is 0 Å². The summed E-state index contributed by atoms with van der Waals surface area (Å²) >= 11 is 0. The molecule has 2 heterocycles. The Morgan fingerprint density at radius 2 is 2.21 bits per heavy atom. The highest BCUT2D eigenvalue weighted by Crippen LogP contribution is 2.29. The van der Waals surface area contributed by atoms with E-state index in [1.54, 1.807) is 12.3 Å². The first-order valence-electron chi connectivity index (χ1n) is 6.40. The fourth-order valence-corrected chi connectivity index (χ4v) is 2.45. The zero-order chi connectivity index (χ0) is 13.2. The molecule has 0 bridgehead atoms. The number of benzene rings is 1. The Bertz CT molecular complexity index is 613. The highest BCUT2D eigenvalue weighted by atomic mass is 19.1. The summed E-state index contributed by atoms with van der Waals surface area (Å²) in [7, 11) is 0. The van der Waals surface area contributed by atoms with E-state index in [1.807, 2.05) is 6.07 Å². The quantitative estimate of drug-likeness (QED) is 0.870. The molecule has 1 aromatic carbocycles. The van der Waals surface area contributed by atoms with Crippen molar-refractivity contribution < 1.29 is 9.50 Å². The van der Waals surface area contributed by atoms with Gasteiger partial charge in [0.1, 0.15) is 11.6 Å². The summed E-state index contributed by atoms with van der Waals surface area (Å²) in [5.74, 6) is 0.611. The van der Waals surface area contributed by atoms with Crippen LogP contribution in [0.25, 0.3) is 11.1 Å². The van der Waals surface area contributed by atoms with E-state index < -0.39 is 0 Å². The first-order valence-corrected chi connectivity index (χ1v) is 6.40. The summed E-state index contributed by atoms with van der Waals surface area (Å²) in [6.45, 7) is 0.839. The molecule has 0 atom stereocenters. The molecule has 0 spiro atoms. The van der Waals surface area contributed by atoms with Crippen molar-refractivity contribution in [2.24, 2.45) is 0 Å². The van der Waals surface area contributed by atoms with Crippen molar-refractivity contribution in [3.05, 3.63) is 47.4 Å². The van der Waals surface area contributed by atoms with Gasteiger partial charge in [0.15, 0.2) is 0 Å². The number of hydrogen-bond acceptors (Lipinski definition) is 3. The number of fused-ring (bicyclic) bond motifs is 1. The van der Waals surface area contributed by atoms with Crippen LogP contribution in [-0.2, 0) is 13.0 Å². The number of nitrogens with one attached hydrogen (secondary N) is 1. The minimum atomic E-state index is -0.303. The Balaban J connectivity index is 2.09. The summed E-state index contributed by atoms with van der Waals surface area (Å²) in [5.41, 5.74) is 3.43. The fraction of sp³-hybridized carbons (Fsp3) is 0.267. The third-order valence-corrected chi connectivity index (χ3v) is 3.44. The van der Waals surface area contributed by atoms with E-state index in [9.17, 15) is 9.50 Å². The molecule has 2 N–H and O–H groups in total. The molecule has 0 saturated heterocycles. The molecule has 0 amide bonds. The third kappa shape index (κ3) is 2.31. The Morgan fingerprint density at radius 1 is 1.32 bits per heavy atom. The Labute approximate surface area is 111 Å². The van der Waals surface area contributed by atoms with E-state index in [2.05, 4.69) is 10.3 Å². The van der Waals surface area contributed by atoms with Crippen LogP contribution >= 0.6 is 0 Å². The molecule has 98 valence electrons. The number of halogens is 1. The van der Waals surface area contributed by atoms with Crippen molar-refractivity contribution >= 4 is 5.82 Å². The van der Waals surface area contributed by atoms with E-state index in [1.165, 1.54) is 12.1 Å². The van der Waals surface area contributed by atoms with E-state index in [0.717, 1.165) is 36.3 Å². The second-order valence-electron chi connectivity index (χ2n) is 4.72. The summed E-state index contributed by atoms with van der Waals surface area (Å²) in [4.78, 5) is 4.39. The predicted octanol–water partition coefficient (Wildman–Crippen LogP) is 2.74. The number of aliphatic hydroxyl groups excluding tert-OH is 1. The molecule has 1 aromatic heterocycles. The number of anilines is 1. The Morgan fingerprint density at radius 3 is 3.05 bits per heavy atom. The molecule has 3 rings (SSSR count). The van der Waals surface area contributed by atoms with Crippen molar-refractivity contribution in [3.8, 4) is 11.1 Å². The molecule has 2 aromatic rings. The molecular formula is C15H15FN2O. The minimum absolute atomic E-state index is 0.106. The summed E-state index contributed by atoms with van der Waals surface area (Å²) in [6, 6.07) is 6.46. The summed E-state index contributed by atoms with van der Waals surface area (Å²) < 4.78 is 13.4. The van der Waals surface area contributed by atoms with Gasteiger partial charge in [-0.25, -0.2) is 9.37 Å². The van der Waals surface area contributed by atoms with Crippen molar-refractivity contribution in [1.29, 1.82) is 0 Å². The minimum Gasteiger partial charge on any atom is -0.392 e. The number of pyridine rings is 1. The second kappa shape index (κ2) is 4.97. The lowest BCUT2D eigenvalue weighted by Crippen LogP contribution is -2.13. The lowest BCUT2D eigenvalue weighted by atomic mass is 9.98. The number of aromatic nitrogens is 1. The van der Waals surface area contributed by atoms with Gasteiger partial charge in [-0.05, 0) is 47.7 Å². The molecule has 1 aliphatic heterocycles. The van der Waals surface area contributed by atoms with E-state index in [-0.39, 0.29) is 12.4 Å². The van der Waals surface area contributed by atoms with Crippen LogP contribution in [-0.4, -0.2) is 16.6 Å². The predicted molar refractivity (Wildman–Crippen MR) is 72.4 cm³/mol. The van der Waals surface area contributed by atoms with Crippen LogP contribution < -0.4 is 5.32 Å². The fourth-order valence-electron chi connectivity index (χ4n) is 2.45. The van der Waals surface area contributed by atoms with Gasteiger partial charge < -0.3 is 10.4 Å². The van der Waals surface area contributed by atoms with Gasteiger partial charge in [0.2, 0.25) is 0 Å². The maximum Gasteiger partial charge on any atom is 0.129 e. The van der Waals surface area contributed by atoms with Gasteiger partial charge in [-0.1, -0.05) is 6.07 Å². The van der Waals surface area contributed by atoms with Crippen LogP contribution in [0.4, 0.5) is 10.2 Å². The Kier molecular flexibility index (Phi) is 3.17. The van der Waals surface area contributed by atoms with Crippen LogP contribution in [0.2, 0.25) is 0 Å². The molecule has 1 aliphatic rings. The smallest absolute Gasteiger partial charge is 0.129 e. The molecule has 4 heteroatoms. The maximum atomic E-state index is 13.4. The number of rotatable bonds is 2. The van der Waals surface area contributed by atoms with E-state index in [4.69, 9.17) is 0 Å². The number of aryl methyl sites for hydroxylation is 1. The molecule has 0 aliphatic carbocycles. The molecule has 0 fully saturated rings. The van der Waals surface area contributed by atoms with Gasteiger partial charge in [0.25, 0.3) is 0 Å². The number of hydrogen-bond donors (Lipinski definition) is 2. The van der Waals surface area contributed by atoms with Crippen molar-refractivity contribution in [2.45, 2.75) is 19.4 Å².